The number of carbonyl (C=O) groups is 2. The quantitative estimate of drug-likeness (QED) is 0.856. The number of para-hydroxylation sites is 1. The minimum atomic E-state index is -0.464. The maximum atomic E-state index is 13.2. The molecule has 0 atom stereocenters. The van der Waals surface area contributed by atoms with Gasteiger partial charge in [-0.3, -0.25) is 14.6 Å². The van der Waals surface area contributed by atoms with Crippen LogP contribution in [0.3, 0.4) is 0 Å². The zero-order valence-corrected chi connectivity index (χ0v) is 15.0. The van der Waals surface area contributed by atoms with Gasteiger partial charge in [-0.1, -0.05) is 24.3 Å². The minimum Gasteiger partial charge on any atom is -0.342 e. The highest BCUT2D eigenvalue weighted by atomic mass is 16.2. The van der Waals surface area contributed by atoms with E-state index in [9.17, 15) is 9.59 Å². The number of likely N-dealkylation sites (tertiary alicyclic amines) is 1. The molecule has 1 fully saturated rings. The van der Waals surface area contributed by atoms with Crippen LogP contribution in [0.15, 0.2) is 48.7 Å². The maximum Gasteiger partial charge on any atom is 0.237 e. The molecular formula is C21H23N3O2. The van der Waals surface area contributed by atoms with Crippen molar-refractivity contribution >= 4 is 17.5 Å². The molecule has 5 nitrogen and oxygen atoms in total. The first kappa shape index (κ1) is 16.8. The first-order chi connectivity index (χ1) is 12.7. The highest BCUT2D eigenvalue weighted by Gasteiger charge is 2.51. The molecule has 0 radical (unpaired) electrons. The van der Waals surface area contributed by atoms with Gasteiger partial charge in [0.05, 0.1) is 11.8 Å². The van der Waals surface area contributed by atoms with Gasteiger partial charge in [-0.2, -0.15) is 0 Å². The van der Waals surface area contributed by atoms with Crippen molar-refractivity contribution in [3.8, 4) is 0 Å². The lowest BCUT2D eigenvalue weighted by molar-refractivity contribution is -0.135. The third-order valence-corrected chi connectivity index (χ3v) is 5.71. The highest BCUT2D eigenvalue weighted by molar-refractivity contribution is 6.08. The van der Waals surface area contributed by atoms with Gasteiger partial charge in [0.2, 0.25) is 11.8 Å². The standard InChI is InChI=1S/C21H23N3O2/c1-2-24-18-9-4-3-8-17(18)21(20(24)26)10-13-23(14-11-21)19(25)15-16-7-5-6-12-22-16/h3-9,12H,2,10-11,13-15H2,1H3. The van der Waals surface area contributed by atoms with Crippen molar-refractivity contribution in [2.45, 2.75) is 31.6 Å². The van der Waals surface area contributed by atoms with Gasteiger partial charge in [0, 0.05) is 37.2 Å². The number of fused-ring (bicyclic) bond motifs is 2. The molecule has 1 aromatic carbocycles. The van der Waals surface area contributed by atoms with Gasteiger partial charge in [-0.25, -0.2) is 0 Å². The van der Waals surface area contributed by atoms with Crippen LogP contribution in [0.4, 0.5) is 5.69 Å². The fraction of sp³-hybridized carbons (Fsp3) is 0.381. The summed E-state index contributed by atoms with van der Waals surface area (Å²) in [6.45, 7) is 3.92. The fourth-order valence-corrected chi connectivity index (χ4v) is 4.30. The Kier molecular flexibility index (Phi) is 4.23. The summed E-state index contributed by atoms with van der Waals surface area (Å²) in [5.41, 5.74) is 2.49. The molecule has 0 bridgehead atoms. The van der Waals surface area contributed by atoms with E-state index in [1.807, 2.05) is 53.1 Å². The van der Waals surface area contributed by atoms with Crippen LogP contribution in [0.5, 0.6) is 0 Å². The summed E-state index contributed by atoms with van der Waals surface area (Å²) in [6, 6.07) is 13.7. The molecular weight excluding hydrogens is 326 g/mol. The van der Waals surface area contributed by atoms with Gasteiger partial charge >= 0.3 is 0 Å². The first-order valence-corrected chi connectivity index (χ1v) is 9.25. The predicted molar refractivity (Wildman–Crippen MR) is 99.9 cm³/mol. The van der Waals surface area contributed by atoms with E-state index >= 15 is 0 Å². The molecule has 0 aliphatic carbocycles. The molecule has 2 aliphatic heterocycles. The monoisotopic (exact) mass is 349 g/mol. The topological polar surface area (TPSA) is 53.5 Å². The highest BCUT2D eigenvalue weighted by Crippen LogP contribution is 2.47. The van der Waals surface area contributed by atoms with E-state index < -0.39 is 5.41 Å². The molecule has 3 heterocycles. The second-order valence-corrected chi connectivity index (χ2v) is 7.03. The van der Waals surface area contributed by atoms with Gasteiger partial charge in [0.25, 0.3) is 0 Å². The number of pyridine rings is 1. The third-order valence-electron chi connectivity index (χ3n) is 5.71. The van der Waals surface area contributed by atoms with Crippen LogP contribution in [-0.4, -0.2) is 41.3 Å². The third kappa shape index (κ3) is 2.59. The number of aromatic nitrogens is 1. The number of nitrogens with zero attached hydrogens (tertiary/aromatic N) is 3. The smallest absolute Gasteiger partial charge is 0.237 e. The van der Waals surface area contributed by atoms with Gasteiger partial charge in [-0.15, -0.1) is 0 Å². The number of hydrogen-bond donors (Lipinski definition) is 0. The van der Waals surface area contributed by atoms with Crippen molar-refractivity contribution in [2.24, 2.45) is 0 Å². The first-order valence-electron chi connectivity index (χ1n) is 9.25. The summed E-state index contributed by atoms with van der Waals surface area (Å²) in [4.78, 5) is 33.8. The fourth-order valence-electron chi connectivity index (χ4n) is 4.30. The summed E-state index contributed by atoms with van der Waals surface area (Å²) in [6.07, 6.45) is 3.40. The van der Waals surface area contributed by atoms with E-state index in [0.717, 1.165) is 16.9 Å². The molecule has 4 rings (SSSR count). The molecule has 1 aromatic heterocycles. The Morgan fingerprint density at radius 1 is 1.12 bits per heavy atom. The summed E-state index contributed by atoms with van der Waals surface area (Å²) in [5.74, 6) is 0.280. The maximum absolute atomic E-state index is 13.2. The van der Waals surface area contributed by atoms with E-state index in [1.165, 1.54) is 0 Å². The van der Waals surface area contributed by atoms with Crippen molar-refractivity contribution in [3.05, 3.63) is 59.9 Å². The van der Waals surface area contributed by atoms with E-state index in [0.29, 0.717) is 38.9 Å². The number of piperidine rings is 1. The van der Waals surface area contributed by atoms with Gasteiger partial charge in [-0.05, 0) is 43.5 Å². The lowest BCUT2D eigenvalue weighted by Crippen LogP contribution is -2.50. The molecule has 2 aromatic rings. The molecule has 2 amide bonds. The Hall–Kier alpha value is -2.69. The van der Waals surface area contributed by atoms with Crippen molar-refractivity contribution in [1.82, 2.24) is 9.88 Å². The Morgan fingerprint density at radius 2 is 1.85 bits per heavy atom. The van der Waals surface area contributed by atoms with Crippen LogP contribution in [0.2, 0.25) is 0 Å². The van der Waals surface area contributed by atoms with Crippen LogP contribution in [0.25, 0.3) is 0 Å². The molecule has 5 heteroatoms. The molecule has 134 valence electrons. The average Bonchev–Trinajstić information content (AvgIpc) is 2.91. The van der Waals surface area contributed by atoms with Crippen LogP contribution < -0.4 is 4.90 Å². The van der Waals surface area contributed by atoms with Crippen LogP contribution in [-0.2, 0) is 21.4 Å². The predicted octanol–water partition coefficient (Wildman–Crippen LogP) is 2.55. The van der Waals surface area contributed by atoms with Crippen LogP contribution in [0.1, 0.15) is 31.0 Å². The molecule has 2 aliphatic rings. The van der Waals surface area contributed by atoms with Crippen molar-refractivity contribution in [2.75, 3.05) is 24.5 Å². The van der Waals surface area contributed by atoms with Crippen molar-refractivity contribution in [1.29, 1.82) is 0 Å². The number of rotatable bonds is 3. The van der Waals surface area contributed by atoms with E-state index in [-0.39, 0.29) is 11.8 Å². The van der Waals surface area contributed by atoms with Crippen molar-refractivity contribution in [3.63, 3.8) is 0 Å². The molecule has 0 saturated carbocycles. The van der Waals surface area contributed by atoms with E-state index in [4.69, 9.17) is 0 Å². The number of likely N-dealkylation sites (N-methyl/N-ethyl adjacent to an activating group) is 1. The van der Waals surface area contributed by atoms with Gasteiger partial charge in [0.1, 0.15) is 0 Å². The lowest BCUT2D eigenvalue weighted by Gasteiger charge is -2.38. The van der Waals surface area contributed by atoms with Crippen LogP contribution in [0, 0.1) is 0 Å². The largest absolute Gasteiger partial charge is 0.342 e. The van der Waals surface area contributed by atoms with Gasteiger partial charge < -0.3 is 9.80 Å². The average molecular weight is 349 g/mol. The second-order valence-electron chi connectivity index (χ2n) is 7.03. The summed E-state index contributed by atoms with van der Waals surface area (Å²) in [5, 5.41) is 0. The second kappa shape index (κ2) is 6.56. The summed E-state index contributed by atoms with van der Waals surface area (Å²) < 4.78 is 0. The molecule has 1 saturated heterocycles. The molecule has 0 unspecified atom stereocenters. The SMILES string of the molecule is CCN1C(=O)C2(CCN(C(=O)Cc3ccccn3)CC2)c2ccccc21. The zero-order valence-electron chi connectivity index (χ0n) is 15.0. The number of amides is 2. The molecule has 1 spiro atoms. The Labute approximate surface area is 153 Å². The lowest BCUT2D eigenvalue weighted by atomic mass is 9.73. The Bertz CT molecular complexity index is 826. The number of hydrogen-bond acceptors (Lipinski definition) is 3. The Balaban J connectivity index is 1.51. The zero-order chi connectivity index (χ0) is 18.1. The normalized spacial score (nSPS) is 18.3. The summed E-state index contributed by atoms with van der Waals surface area (Å²) >= 11 is 0. The molecule has 0 N–H and O–H groups in total. The van der Waals surface area contributed by atoms with Gasteiger partial charge in [0.15, 0.2) is 0 Å². The number of benzene rings is 1. The van der Waals surface area contributed by atoms with E-state index in [1.54, 1.807) is 6.20 Å². The number of carbonyl (C=O) groups excluding carboxylic acids is 2. The molecule has 26 heavy (non-hydrogen) atoms. The van der Waals surface area contributed by atoms with E-state index in [2.05, 4.69) is 11.1 Å². The number of anilines is 1. The Morgan fingerprint density at radius 3 is 2.54 bits per heavy atom. The summed E-state index contributed by atoms with van der Waals surface area (Å²) in [7, 11) is 0. The van der Waals surface area contributed by atoms with Crippen molar-refractivity contribution < 1.29 is 9.59 Å². The minimum absolute atomic E-state index is 0.0876. The van der Waals surface area contributed by atoms with Crippen LogP contribution >= 0.6 is 0 Å².